The minimum absolute atomic E-state index is 0.109. The highest BCUT2D eigenvalue weighted by atomic mass is 16.4. The monoisotopic (exact) mass is 315 g/mol. The van der Waals surface area contributed by atoms with E-state index in [4.69, 9.17) is 9.52 Å². The molecule has 6 heteroatoms. The summed E-state index contributed by atoms with van der Waals surface area (Å²) in [4.78, 5) is 23.2. The van der Waals surface area contributed by atoms with E-state index in [0.717, 1.165) is 18.2 Å². The minimum Gasteiger partial charge on any atom is -0.508 e. The molecule has 0 atom stereocenters. The van der Waals surface area contributed by atoms with Crippen LogP contribution in [0.2, 0.25) is 0 Å². The van der Waals surface area contributed by atoms with Gasteiger partial charge in [-0.2, -0.15) is 0 Å². The number of nitrogens with one attached hydrogen (secondary N) is 1. The smallest absolute Gasteiger partial charge is 0.337 e. The molecule has 1 amide bonds. The van der Waals surface area contributed by atoms with E-state index in [-0.39, 0.29) is 17.0 Å². The van der Waals surface area contributed by atoms with Crippen molar-refractivity contribution in [3.8, 4) is 5.75 Å². The number of rotatable bonds is 5. The molecule has 3 N–H and O–H groups in total. The first kappa shape index (κ1) is 16.4. The zero-order valence-electron chi connectivity index (χ0n) is 12.8. The fourth-order valence-corrected chi connectivity index (χ4v) is 2.03. The van der Waals surface area contributed by atoms with Crippen molar-refractivity contribution in [3.63, 3.8) is 0 Å². The molecule has 0 spiro atoms. The van der Waals surface area contributed by atoms with Crippen LogP contribution in [0.3, 0.4) is 0 Å². The number of benzene rings is 1. The van der Waals surface area contributed by atoms with Gasteiger partial charge >= 0.3 is 5.97 Å². The number of carbonyl (C=O) groups excluding carboxylic acids is 1. The molecule has 0 radical (unpaired) electrons. The number of hydrogen-bond acceptors (Lipinski definition) is 4. The van der Waals surface area contributed by atoms with Crippen molar-refractivity contribution in [2.24, 2.45) is 0 Å². The SMILES string of the molecule is CCc1ccc(C(C)=CC(=O)Nc2ccc(O)cc2C(=O)O)o1. The van der Waals surface area contributed by atoms with Crippen molar-refractivity contribution in [2.45, 2.75) is 20.3 Å². The van der Waals surface area contributed by atoms with E-state index in [2.05, 4.69) is 5.32 Å². The second-order valence-electron chi connectivity index (χ2n) is 4.97. The lowest BCUT2D eigenvalue weighted by molar-refractivity contribution is -0.111. The van der Waals surface area contributed by atoms with Crippen LogP contribution in [0.4, 0.5) is 5.69 Å². The second kappa shape index (κ2) is 6.83. The lowest BCUT2D eigenvalue weighted by atomic mass is 10.1. The third kappa shape index (κ3) is 4.00. The number of aromatic hydroxyl groups is 1. The molecule has 23 heavy (non-hydrogen) atoms. The van der Waals surface area contributed by atoms with Gasteiger partial charge in [0.25, 0.3) is 0 Å². The fraction of sp³-hybridized carbons (Fsp3) is 0.176. The third-order valence-corrected chi connectivity index (χ3v) is 3.24. The molecule has 120 valence electrons. The number of amides is 1. The molecule has 1 heterocycles. The molecule has 0 saturated heterocycles. The standard InChI is InChI=1S/C17H17NO5/c1-3-12-5-7-15(23-12)10(2)8-16(20)18-14-6-4-11(19)9-13(14)17(21)22/h4-9,19H,3H2,1-2H3,(H,18,20)(H,21,22). The lowest BCUT2D eigenvalue weighted by Gasteiger charge is -2.07. The normalized spacial score (nSPS) is 11.3. The Balaban J connectivity index is 2.19. The van der Waals surface area contributed by atoms with Gasteiger partial charge in [-0.15, -0.1) is 0 Å². The van der Waals surface area contributed by atoms with Gasteiger partial charge in [-0.3, -0.25) is 4.79 Å². The molecule has 1 aromatic heterocycles. The van der Waals surface area contributed by atoms with Crippen LogP contribution in [0, 0.1) is 0 Å². The van der Waals surface area contributed by atoms with E-state index >= 15 is 0 Å². The molecule has 0 fully saturated rings. The number of carbonyl (C=O) groups is 2. The summed E-state index contributed by atoms with van der Waals surface area (Å²) in [6.07, 6.45) is 2.09. The Bertz CT molecular complexity index is 773. The number of allylic oxidation sites excluding steroid dienone is 1. The Morgan fingerprint density at radius 1 is 1.26 bits per heavy atom. The van der Waals surface area contributed by atoms with Gasteiger partial charge in [0.05, 0.1) is 11.3 Å². The van der Waals surface area contributed by atoms with Gasteiger partial charge in [-0.25, -0.2) is 4.79 Å². The van der Waals surface area contributed by atoms with Gasteiger partial charge in [-0.05, 0) is 42.8 Å². The number of hydrogen-bond donors (Lipinski definition) is 3. The van der Waals surface area contributed by atoms with Crippen LogP contribution in [0.1, 0.15) is 35.7 Å². The van der Waals surface area contributed by atoms with Crippen molar-refractivity contribution in [3.05, 3.63) is 53.5 Å². The van der Waals surface area contributed by atoms with Crippen LogP contribution in [0.25, 0.3) is 5.57 Å². The molecule has 0 aliphatic carbocycles. The molecule has 6 nitrogen and oxygen atoms in total. The Morgan fingerprint density at radius 3 is 2.61 bits per heavy atom. The average Bonchev–Trinajstić information content (AvgIpc) is 2.98. The molecule has 0 saturated carbocycles. The number of phenolic OH excluding ortho intramolecular Hbond substituents is 1. The van der Waals surface area contributed by atoms with Crippen LogP contribution in [-0.2, 0) is 11.2 Å². The van der Waals surface area contributed by atoms with Gasteiger partial charge in [-0.1, -0.05) is 6.92 Å². The third-order valence-electron chi connectivity index (χ3n) is 3.24. The van der Waals surface area contributed by atoms with Gasteiger partial charge in [0.2, 0.25) is 5.91 Å². The summed E-state index contributed by atoms with van der Waals surface area (Å²) in [5, 5.41) is 20.9. The van der Waals surface area contributed by atoms with E-state index in [1.807, 2.05) is 13.0 Å². The van der Waals surface area contributed by atoms with Gasteiger partial charge in [0.15, 0.2) is 0 Å². The number of anilines is 1. The first-order chi connectivity index (χ1) is 10.9. The fourth-order valence-electron chi connectivity index (χ4n) is 2.03. The number of aryl methyl sites for hydroxylation is 1. The summed E-state index contributed by atoms with van der Waals surface area (Å²) in [5.74, 6) is -0.503. The average molecular weight is 315 g/mol. The van der Waals surface area contributed by atoms with Crippen LogP contribution in [0.15, 0.2) is 40.8 Å². The highest BCUT2D eigenvalue weighted by molar-refractivity contribution is 6.07. The zero-order valence-corrected chi connectivity index (χ0v) is 12.8. The molecular weight excluding hydrogens is 298 g/mol. The number of aromatic carboxylic acids is 1. The molecule has 0 aliphatic rings. The highest BCUT2D eigenvalue weighted by Crippen LogP contribution is 2.22. The molecule has 0 bridgehead atoms. The summed E-state index contributed by atoms with van der Waals surface area (Å²) in [6.45, 7) is 3.69. The maximum absolute atomic E-state index is 12.0. The number of furan rings is 1. The van der Waals surface area contributed by atoms with E-state index in [1.54, 1.807) is 13.0 Å². The Labute approximate surface area is 133 Å². The maximum atomic E-state index is 12.0. The topological polar surface area (TPSA) is 99.8 Å². The molecule has 1 aromatic carbocycles. The first-order valence-corrected chi connectivity index (χ1v) is 7.05. The van der Waals surface area contributed by atoms with Crippen LogP contribution in [0.5, 0.6) is 5.75 Å². The first-order valence-electron chi connectivity index (χ1n) is 7.05. The van der Waals surface area contributed by atoms with Gasteiger partial charge in [0, 0.05) is 12.5 Å². The lowest BCUT2D eigenvalue weighted by Crippen LogP contribution is -2.12. The van der Waals surface area contributed by atoms with Gasteiger partial charge < -0.3 is 19.9 Å². The predicted molar refractivity (Wildman–Crippen MR) is 85.4 cm³/mol. The summed E-state index contributed by atoms with van der Waals surface area (Å²) in [7, 11) is 0. The Hall–Kier alpha value is -3.02. The van der Waals surface area contributed by atoms with Crippen molar-refractivity contribution in [2.75, 3.05) is 5.32 Å². The quantitative estimate of drug-likeness (QED) is 0.581. The second-order valence-corrected chi connectivity index (χ2v) is 4.97. The summed E-state index contributed by atoms with van der Waals surface area (Å²) in [6, 6.07) is 7.34. The van der Waals surface area contributed by atoms with Gasteiger partial charge in [0.1, 0.15) is 17.3 Å². The Morgan fingerprint density at radius 2 is 2.00 bits per heavy atom. The van der Waals surface area contributed by atoms with Crippen molar-refractivity contribution < 1.29 is 24.2 Å². The summed E-state index contributed by atoms with van der Waals surface area (Å²) in [5.41, 5.74) is 0.548. The number of carboxylic acids is 1. The van der Waals surface area contributed by atoms with Crippen LogP contribution < -0.4 is 5.32 Å². The van der Waals surface area contributed by atoms with Crippen molar-refractivity contribution in [1.29, 1.82) is 0 Å². The van der Waals surface area contributed by atoms with Crippen molar-refractivity contribution >= 4 is 23.1 Å². The highest BCUT2D eigenvalue weighted by Gasteiger charge is 2.13. The van der Waals surface area contributed by atoms with Crippen LogP contribution in [-0.4, -0.2) is 22.1 Å². The summed E-state index contributed by atoms with van der Waals surface area (Å²) >= 11 is 0. The van der Waals surface area contributed by atoms with E-state index < -0.39 is 11.9 Å². The van der Waals surface area contributed by atoms with E-state index in [9.17, 15) is 14.7 Å². The largest absolute Gasteiger partial charge is 0.508 e. The van der Waals surface area contributed by atoms with E-state index in [0.29, 0.717) is 11.3 Å². The molecular formula is C17H17NO5. The molecule has 0 aliphatic heterocycles. The number of carboxylic acid groups (broad SMARTS) is 1. The molecule has 2 rings (SSSR count). The molecule has 0 unspecified atom stereocenters. The molecule has 2 aromatic rings. The minimum atomic E-state index is -1.24. The summed E-state index contributed by atoms with van der Waals surface area (Å²) < 4.78 is 5.55. The predicted octanol–water partition coefficient (Wildman–Crippen LogP) is 3.29. The number of phenols is 1. The zero-order chi connectivity index (χ0) is 17.0. The maximum Gasteiger partial charge on any atom is 0.337 e. The van der Waals surface area contributed by atoms with Crippen molar-refractivity contribution in [1.82, 2.24) is 0 Å². The Kier molecular flexibility index (Phi) is 4.85. The van der Waals surface area contributed by atoms with Crippen LogP contribution >= 0.6 is 0 Å². The van der Waals surface area contributed by atoms with E-state index in [1.165, 1.54) is 18.2 Å².